The molecule has 0 unspecified atom stereocenters. The van der Waals surface area contributed by atoms with E-state index >= 15 is 0 Å². The van der Waals surface area contributed by atoms with Crippen LogP contribution < -0.4 is 15.8 Å². The lowest BCUT2D eigenvalue weighted by atomic mass is 10.1. The SMILES string of the molecule is CSCC[C@@H](NS(=O)(=O)c1ccc2c(c1)oc(=O)n2C)C(=O)Nc1ccccc1C(F)(F)F. The molecule has 0 saturated heterocycles. The number of carbonyl (C=O) groups excluding carboxylic acids is 1. The van der Waals surface area contributed by atoms with Gasteiger partial charge in [-0.05, 0) is 42.7 Å². The minimum Gasteiger partial charge on any atom is -0.408 e. The van der Waals surface area contributed by atoms with E-state index in [0.29, 0.717) is 11.3 Å². The van der Waals surface area contributed by atoms with Crippen LogP contribution in [-0.4, -0.2) is 36.9 Å². The summed E-state index contributed by atoms with van der Waals surface area (Å²) in [4.78, 5) is 24.2. The zero-order chi connectivity index (χ0) is 24.4. The molecule has 0 aliphatic heterocycles. The molecule has 2 aromatic carbocycles. The van der Waals surface area contributed by atoms with Gasteiger partial charge in [-0.1, -0.05) is 12.1 Å². The van der Waals surface area contributed by atoms with Crippen molar-refractivity contribution in [2.45, 2.75) is 23.5 Å². The second-order valence-corrected chi connectivity index (χ2v) is 9.74. The third kappa shape index (κ3) is 5.60. The molecule has 1 atom stereocenters. The van der Waals surface area contributed by atoms with Gasteiger partial charge in [-0.2, -0.15) is 29.7 Å². The van der Waals surface area contributed by atoms with Crippen molar-refractivity contribution in [2.75, 3.05) is 17.3 Å². The molecule has 1 amide bonds. The number of nitrogens with one attached hydrogen (secondary N) is 2. The molecular weight excluding hydrogens is 483 g/mol. The van der Waals surface area contributed by atoms with E-state index in [1.807, 2.05) is 0 Å². The Balaban J connectivity index is 1.89. The lowest BCUT2D eigenvalue weighted by Gasteiger charge is -2.20. The van der Waals surface area contributed by atoms with E-state index < -0.39 is 45.2 Å². The van der Waals surface area contributed by atoms with Crippen LogP contribution in [0.25, 0.3) is 11.1 Å². The van der Waals surface area contributed by atoms with Gasteiger partial charge in [0.15, 0.2) is 5.58 Å². The number of sulfonamides is 1. The Hall–Kier alpha value is -2.77. The second-order valence-electron chi connectivity index (χ2n) is 7.04. The number of aryl methyl sites for hydroxylation is 1. The number of fused-ring (bicyclic) bond motifs is 1. The fourth-order valence-electron chi connectivity index (χ4n) is 3.08. The highest BCUT2D eigenvalue weighted by molar-refractivity contribution is 7.98. The highest BCUT2D eigenvalue weighted by atomic mass is 32.2. The van der Waals surface area contributed by atoms with Crippen molar-refractivity contribution >= 4 is 44.5 Å². The van der Waals surface area contributed by atoms with E-state index in [1.165, 1.54) is 47.6 Å². The van der Waals surface area contributed by atoms with Crippen molar-refractivity contribution < 1.29 is 30.8 Å². The number of thioether (sulfide) groups is 1. The van der Waals surface area contributed by atoms with Crippen molar-refractivity contribution in [1.29, 1.82) is 0 Å². The Morgan fingerprint density at radius 2 is 1.91 bits per heavy atom. The average molecular weight is 504 g/mol. The molecular formula is C20H20F3N3O5S2. The molecule has 0 aliphatic carbocycles. The summed E-state index contributed by atoms with van der Waals surface area (Å²) in [7, 11) is -2.81. The molecule has 1 heterocycles. The normalized spacial score (nSPS) is 13.2. The summed E-state index contributed by atoms with van der Waals surface area (Å²) in [5.41, 5.74) is -1.11. The monoisotopic (exact) mass is 503 g/mol. The van der Waals surface area contributed by atoms with E-state index in [0.717, 1.165) is 18.2 Å². The molecule has 0 spiro atoms. The molecule has 2 N–H and O–H groups in total. The smallest absolute Gasteiger partial charge is 0.408 e. The van der Waals surface area contributed by atoms with Crippen LogP contribution in [0.5, 0.6) is 0 Å². The van der Waals surface area contributed by atoms with E-state index in [-0.39, 0.29) is 16.9 Å². The van der Waals surface area contributed by atoms with Crippen molar-refractivity contribution in [3.8, 4) is 0 Å². The number of hydrogen-bond donors (Lipinski definition) is 2. The van der Waals surface area contributed by atoms with Crippen molar-refractivity contribution in [3.63, 3.8) is 0 Å². The maximum absolute atomic E-state index is 13.3. The summed E-state index contributed by atoms with van der Waals surface area (Å²) < 4.78 is 74.1. The molecule has 0 bridgehead atoms. The number of rotatable bonds is 8. The third-order valence-corrected chi connectivity index (χ3v) is 6.90. The van der Waals surface area contributed by atoms with Crippen LogP contribution in [0.2, 0.25) is 0 Å². The predicted molar refractivity (Wildman–Crippen MR) is 119 cm³/mol. The first-order chi connectivity index (χ1) is 15.4. The Morgan fingerprint density at radius 3 is 2.58 bits per heavy atom. The number of nitrogens with zero attached hydrogens (tertiary/aromatic N) is 1. The molecule has 3 aromatic rings. The molecule has 0 fully saturated rings. The van der Waals surface area contributed by atoms with E-state index in [2.05, 4.69) is 10.0 Å². The number of benzene rings is 2. The number of aromatic nitrogens is 1. The van der Waals surface area contributed by atoms with Gasteiger partial charge in [0.1, 0.15) is 6.04 Å². The van der Waals surface area contributed by atoms with Gasteiger partial charge in [-0.25, -0.2) is 13.2 Å². The first-order valence-corrected chi connectivity index (χ1v) is 12.4. The Bertz CT molecular complexity index is 1330. The van der Waals surface area contributed by atoms with Crippen LogP contribution in [0.4, 0.5) is 18.9 Å². The fourth-order valence-corrected chi connectivity index (χ4v) is 4.79. The average Bonchev–Trinajstić information content (AvgIpc) is 3.03. The number of amides is 1. The minimum atomic E-state index is -4.70. The summed E-state index contributed by atoms with van der Waals surface area (Å²) in [5.74, 6) is -1.24. The molecule has 3 rings (SSSR count). The lowest BCUT2D eigenvalue weighted by Crippen LogP contribution is -2.44. The van der Waals surface area contributed by atoms with Crippen molar-refractivity contribution in [3.05, 3.63) is 58.6 Å². The summed E-state index contributed by atoms with van der Waals surface area (Å²) >= 11 is 1.34. The molecule has 13 heteroatoms. The number of para-hydroxylation sites is 1. The number of carbonyl (C=O) groups is 1. The first-order valence-electron chi connectivity index (χ1n) is 9.52. The van der Waals surface area contributed by atoms with Crippen LogP contribution in [0, 0.1) is 0 Å². The summed E-state index contributed by atoms with van der Waals surface area (Å²) in [6, 6.07) is 6.84. The number of hydrogen-bond acceptors (Lipinski definition) is 6. The van der Waals surface area contributed by atoms with Gasteiger partial charge < -0.3 is 9.73 Å². The summed E-state index contributed by atoms with van der Waals surface area (Å²) in [6.07, 6.45) is -2.93. The van der Waals surface area contributed by atoms with Crippen molar-refractivity contribution in [1.82, 2.24) is 9.29 Å². The van der Waals surface area contributed by atoms with Gasteiger partial charge in [0.05, 0.1) is 21.7 Å². The lowest BCUT2D eigenvalue weighted by molar-refractivity contribution is -0.137. The topological polar surface area (TPSA) is 110 Å². The van der Waals surface area contributed by atoms with Gasteiger partial charge in [0.25, 0.3) is 0 Å². The number of anilines is 1. The van der Waals surface area contributed by atoms with Crippen molar-refractivity contribution in [2.24, 2.45) is 7.05 Å². The summed E-state index contributed by atoms with van der Waals surface area (Å²) in [6.45, 7) is 0. The number of halogens is 3. The highest BCUT2D eigenvalue weighted by Gasteiger charge is 2.34. The van der Waals surface area contributed by atoms with Crippen LogP contribution in [-0.2, 0) is 28.0 Å². The van der Waals surface area contributed by atoms with Gasteiger partial charge in [0.2, 0.25) is 15.9 Å². The highest BCUT2D eigenvalue weighted by Crippen LogP contribution is 2.34. The maximum atomic E-state index is 13.3. The van der Waals surface area contributed by atoms with E-state index in [4.69, 9.17) is 4.42 Å². The van der Waals surface area contributed by atoms with E-state index in [1.54, 1.807) is 6.26 Å². The second kappa shape index (κ2) is 9.61. The van der Waals surface area contributed by atoms with E-state index in [9.17, 15) is 31.2 Å². The Kier molecular flexibility index (Phi) is 7.24. The molecule has 0 saturated carbocycles. The first kappa shape index (κ1) is 24.9. The van der Waals surface area contributed by atoms with Gasteiger partial charge in [0, 0.05) is 13.1 Å². The fraction of sp³-hybridized carbons (Fsp3) is 0.300. The minimum absolute atomic E-state index is 0.0308. The quantitative estimate of drug-likeness (QED) is 0.489. The molecule has 0 aliphatic rings. The third-order valence-electron chi connectivity index (χ3n) is 4.79. The largest absolute Gasteiger partial charge is 0.419 e. The molecule has 8 nitrogen and oxygen atoms in total. The standard InChI is InChI=1S/C20H20F3N3O5S2/c1-26-16-8-7-12(11-17(16)31-19(26)28)33(29,30)25-15(9-10-32-2)18(27)24-14-6-4-3-5-13(14)20(21,22)23/h3-8,11,15,25H,9-10H2,1-2H3,(H,24,27)/t15-/m1/s1. The Labute approximate surface area is 191 Å². The van der Waals surface area contributed by atoms with Crippen LogP contribution in [0.3, 0.4) is 0 Å². The molecule has 0 radical (unpaired) electrons. The predicted octanol–water partition coefficient (Wildman–Crippen LogP) is 3.19. The zero-order valence-electron chi connectivity index (χ0n) is 17.5. The molecule has 178 valence electrons. The van der Waals surface area contributed by atoms with Gasteiger partial charge >= 0.3 is 11.9 Å². The molecule has 33 heavy (non-hydrogen) atoms. The summed E-state index contributed by atoms with van der Waals surface area (Å²) in [5, 5.41) is 2.18. The number of oxazole rings is 1. The number of alkyl halides is 3. The van der Waals surface area contributed by atoms with Crippen LogP contribution >= 0.6 is 11.8 Å². The van der Waals surface area contributed by atoms with Crippen LogP contribution in [0.15, 0.2) is 56.6 Å². The van der Waals surface area contributed by atoms with Gasteiger partial charge in [-0.3, -0.25) is 9.36 Å². The van der Waals surface area contributed by atoms with Crippen LogP contribution in [0.1, 0.15) is 12.0 Å². The maximum Gasteiger partial charge on any atom is 0.419 e. The Morgan fingerprint density at radius 1 is 1.21 bits per heavy atom. The zero-order valence-corrected chi connectivity index (χ0v) is 19.1. The van der Waals surface area contributed by atoms with Gasteiger partial charge in [-0.15, -0.1) is 0 Å². The molecule has 1 aromatic heterocycles.